The minimum Gasteiger partial charge on any atom is -0.306 e. The van der Waals surface area contributed by atoms with Gasteiger partial charge in [0.2, 0.25) is 0 Å². The summed E-state index contributed by atoms with van der Waals surface area (Å²) in [6.45, 7) is 9.68. The molecule has 1 aromatic rings. The lowest BCUT2D eigenvalue weighted by molar-refractivity contribution is 0.100. The van der Waals surface area contributed by atoms with E-state index in [1.165, 1.54) is 24.8 Å². The van der Waals surface area contributed by atoms with Gasteiger partial charge < -0.3 is 5.32 Å². The summed E-state index contributed by atoms with van der Waals surface area (Å²) in [4.78, 5) is 4.11. The van der Waals surface area contributed by atoms with Crippen LogP contribution in [0.25, 0.3) is 0 Å². The van der Waals surface area contributed by atoms with Crippen molar-refractivity contribution in [3.8, 4) is 0 Å². The first-order valence-corrected chi connectivity index (χ1v) is 7.59. The lowest BCUT2D eigenvalue weighted by atomic mass is 9.68. The van der Waals surface area contributed by atoms with Crippen LogP contribution in [0, 0.1) is 16.7 Å². The van der Waals surface area contributed by atoms with Crippen LogP contribution in [0.2, 0.25) is 0 Å². The maximum Gasteiger partial charge on any atom is 0.0295 e. The van der Waals surface area contributed by atoms with Gasteiger partial charge in [0.25, 0.3) is 0 Å². The Morgan fingerprint density at radius 1 is 1.26 bits per heavy atom. The van der Waals surface area contributed by atoms with Crippen molar-refractivity contribution in [1.82, 2.24) is 10.3 Å². The molecule has 19 heavy (non-hydrogen) atoms. The molecule has 0 aliphatic heterocycles. The molecule has 0 saturated heterocycles. The van der Waals surface area contributed by atoms with E-state index in [0.717, 1.165) is 5.92 Å². The molecule has 3 unspecified atom stereocenters. The monoisotopic (exact) mass is 258 g/mol. The summed E-state index contributed by atoms with van der Waals surface area (Å²) in [6, 6.07) is 5.28. The molecule has 1 heterocycles. The van der Waals surface area contributed by atoms with Crippen LogP contribution in [0.5, 0.6) is 0 Å². The number of hydrogen-bond acceptors (Lipinski definition) is 2. The molecule has 2 heteroatoms. The second-order valence-corrected chi connectivity index (χ2v) is 7.52. The number of aromatic nitrogens is 1. The summed E-state index contributed by atoms with van der Waals surface area (Å²) in [5.74, 6) is 0.902. The van der Waals surface area contributed by atoms with Gasteiger partial charge in [-0.1, -0.05) is 20.8 Å². The van der Waals surface area contributed by atoms with Crippen LogP contribution in [0.1, 0.15) is 58.6 Å². The Bertz CT molecular complexity index is 449. The van der Waals surface area contributed by atoms with E-state index in [4.69, 9.17) is 0 Å². The van der Waals surface area contributed by atoms with Crippen molar-refractivity contribution in [1.29, 1.82) is 0 Å². The fourth-order valence-corrected chi connectivity index (χ4v) is 4.72. The van der Waals surface area contributed by atoms with Crippen LogP contribution in [-0.4, -0.2) is 11.0 Å². The fraction of sp³-hybridized carbons (Fsp3) is 0.706. The van der Waals surface area contributed by atoms with Crippen molar-refractivity contribution in [3.63, 3.8) is 0 Å². The van der Waals surface area contributed by atoms with Crippen molar-refractivity contribution in [2.24, 2.45) is 16.7 Å². The first-order valence-electron chi connectivity index (χ1n) is 7.59. The molecule has 0 radical (unpaired) electrons. The van der Waals surface area contributed by atoms with E-state index in [9.17, 15) is 0 Å². The van der Waals surface area contributed by atoms with E-state index < -0.39 is 0 Å². The Morgan fingerprint density at radius 2 is 1.95 bits per heavy atom. The highest BCUT2D eigenvalue weighted by Crippen LogP contribution is 2.62. The van der Waals surface area contributed by atoms with Gasteiger partial charge in [0, 0.05) is 24.5 Å². The summed E-state index contributed by atoms with van der Waals surface area (Å²) >= 11 is 0. The molecule has 2 bridgehead atoms. The topological polar surface area (TPSA) is 24.9 Å². The fourth-order valence-electron chi connectivity index (χ4n) is 4.72. The summed E-state index contributed by atoms with van der Waals surface area (Å²) < 4.78 is 0. The molecule has 0 amide bonds. The van der Waals surface area contributed by atoms with E-state index in [1.54, 1.807) is 0 Å². The summed E-state index contributed by atoms with van der Waals surface area (Å²) in [5, 5.41) is 3.93. The third kappa shape index (κ3) is 2.01. The quantitative estimate of drug-likeness (QED) is 0.888. The lowest BCUT2D eigenvalue weighted by Gasteiger charge is -2.44. The zero-order chi connectivity index (χ0) is 13.7. The van der Waals surface area contributed by atoms with Gasteiger partial charge in [-0.15, -0.1) is 0 Å². The van der Waals surface area contributed by atoms with Crippen molar-refractivity contribution in [3.05, 3.63) is 30.1 Å². The van der Waals surface area contributed by atoms with Crippen LogP contribution >= 0.6 is 0 Å². The van der Waals surface area contributed by atoms with E-state index in [-0.39, 0.29) is 0 Å². The van der Waals surface area contributed by atoms with E-state index in [2.05, 4.69) is 50.1 Å². The zero-order valence-electron chi connectivity index (χ0n) is 12.6. The molecular weight excluding hydrogens is 232 g/mol. The van der Waals surface area contributed by atoms with Crippen LogP contribution in [0.15, 0.2) is 24.5 Å². The molecule has 2 aliphatic carbocycles. The molecule has 2 fully saturated rings. The predicted molar refractivity (Wildman–Crippen MR) is 78.8 cm³/mol. The zero-order valence-corrected chi connectivity index (χ0v) is 12.6. The Morgan fingerprint density at radius 3 is 2.53 bits per heavy atom. The maximum atomic E-state index is 4.11. The molecule has 1 N–H and O–H groups in total. The van der Waals surface area contributed by atoms with Crippen molar-refractivity contribution < 1.29 is 0 Å². The highest BCUT2D eigenvalue weighted by molar-refractivity contribution is 5.18. The van der Waals surface area contributed by atoms with Gasteiger partial charge in [-0.3, -0.25) is 4.98 Å². The van der Waals surface area contributed by atoms with Crippen LogP contribution in [0.4, 0.5) is 0 Å². The van der Waals surface area contributed by atoms with E-state index >= 15 is 0 Å². The number of nitrogens with zero attached hydrogens (tertiary/aromatic N) is 1. The minimum atomic E-state index is 0.406. The molecule has 104 valence electrons. The molecular formula is C17H26N2. The minimum absolute atomic E-state index is 0.406. The average molecular weight is 258 g/mol. The Kier molecular flexibility index (Phi) is 2.97. The van der Waals surface area contributed by atoms with Crippen LogP contribution in [0.3, 0.4) is 0 Å². The molecule has 0 aromatic carbocycles. The number of hydrogen-bond donors (Lipinski definition) is 1. The van der Waals surface area contributed by atoms with Crippen LogP contribution < -0.4 is 5.32 Å². The van der Waals surface area contributed by atoms with Crippen LogP contribution in [-0.2, 0) is 0 Å². The molecule has 2 nitrogen and oxygen atoms in total. The molecule has 1 aromatic heterocycles. The second kappa shape index (κ2) is 4.31. The van der Waals surface area contributed by atoms with E-state index in [0.29, 0.717) is 22.9 Å². The van der Waals surface area contributed by atoms with Gasteiger partial charge in [-0.05, 0) is 60.6 Å². The summed E-state index contributed by atoms with van der Waals surface area (Å²) in [6.07, 6.45) is 8.00. The normalized spacial score (nSPS) is 37.5. The maximum absolute atomic E-state index is 4.11. The third-order valence-corrected chi connectivity index (χ3v) is 5.89. The molecule has 2 aliphatic rings. The average Bonchev–Trinajstić information content (AvgIpc) is 2.87. The SMILES string of the molecule is C[C@@H](NC1C2(C)CCC(C2)C1(C)C)c1ccncc1. The molecule has 0 spiro atoms. The van der Waals surface area contributed by atoms with Crippen molar-refractivity contribution in [2.45, 2.75) is 59.0 Å². The van der Waals surface area contributed by atoms with Gasteiger partial charge in [0.05, 0.1) is 0 Å². The first kappa shape index (κ1) is 13.1. The van der Waals surface area contributed by atoms with Gasteiger partial charge in [0.1, 0.15) is 0 Å². The number of fused-ring (bicyclic) bond motifs is 2. The summed E-state index contributed by atoms with van der Waals surface area (Å²) in [5.41, 5.74) is 2.26. The smallest absolute Gasteiger partial charge is 0.0295 e. The lowest BCUT2D eigenvalue weighted by Crippen LogP contribution is -2.50. The molecule has 3 rings (SSSR count). The van der Waals surface area contributed by atoms with Crippen molar-refractivity contribution in [2.75, 3.05) is 0 Å². The Hall–Kier alpha value is -0.890. The largest absolute Gasteiger partial charge is 0.306 e. The standard InChI is InChI=1S/C17H26N2/c1-12(13-6-9-18-10-7-13)19-15-16(2,3)14-5-8-17(15,4)11-14/h6-7,9-10,12,14-15,19H,5,8,11H2,1-4H3/t12-,14?,15?,17?/m1/s1. The van der Waals surface area contributed by atoms with Gasteiger partial charge in [-0.25, -0.2) is 0 Å². The highest BCUT2D eigenvalue weighted by Gasteiger charge is 2.59. The number of pyridine rings is 1. The summed E-state index contributed by atoms with van der Waals surface area (Å²) in [7, 11) is 0. The number of nitrogens with one attached hydrogen (secondary N) is 1. The van der Waals surface area contributed by atoms with Crippen molar-refractivity contribution >= 4 is 0 Å². The number of rotatable bonds is 3. The van der Waals surface area contributed by atoms with E-state index in [1.807, 2.05) is 12.4 Å². The predicted octanol–water partition coefficient (Wildman–Crippen LogP) is 3.95. The van der Waals surface area contributed by atoms with Gasteiger partial charge in [-0.2, -0.15) is 0 Å². The molecule has 4 atom stereocenters. The highest BCUT2D eigenvalue weighted by atomic mass is 15.0. The second-order valence-electron chi connectivity index (χ2n) is 7.52. The van der Waals surface area contributed by atoms with Gasteiger partial charge >= 0.3 is 0 Å². The Balaban J connectivity index is 1.80. The molecule has 2 saturated carbocycles. The first-order chi connectivity index (χ1) is 8.93. The van der Waals surface area contributed by atoms with Gasteiger partial charge in [0.15, 0.2) is 0 Å². The Labute approximate surface area is 117 Å². The third-order valence-electron chi connectivity index (χ3n) is 5.89.